The van der Waals surface area contributed by atoms with Gasteiger partial charge in [0.05, 0.1) is 0 Å². The van der Waals surface area contributed by atoms with Crippen LogP contribution >= 0.6 is 0 Å². The molecule has 0 radical (unpaired) electrons. The SMILES string of the molecule is CC(C)(C)C1=CC(=C/C=C/C2=CC(C(C)(C)C)=[Se](O[Cl+3]([O-])([O-])[O-])C(C(C)(C)C)=C2)C=C(C(C)(C)C)[Se]1. The van der Waals surface area contributed by atoms with Gasteiger partial charge in [-0.25, -0.2) is 0 Å². The van der Waals surface area contributed by atoms with E-state index in [1.54, 1.807) is 0 Å². The van der Waals surface area contributed by atoms with E-state index >= 15 is 0 Å². The molecule has 1 atom stereocenters. The van der Waals surface area contributed by atoms with Gasteiger partial charge in [0.15, 0.2) is 0 Å². The van der Waals surface area contributed by atoms with Crippen molar-refractivity contribution in [1.82, 2.24) is 0 Å². The molecule has 7 heteroatoms. The molecule has 2 heterocycles. The van der Waals surface area contributed by atoms with Gasteiger partial charge in [0, 0.05) is 0 Å². The zero-order valence-corrected chi connectivity index (χ0v) is 28.1. The van der Waals surface area contributed by atoms with Gasteiger partial charge in [-0.1, -0.05) is 0 Å². The predicted octanol–water partition coefficient (Wildman–Crippen LogP) is 4.20. The van der Waals surface area contributed by atoms with Crippen molar-refractivity contribution in [3.05, 3.63) is 67.1 Å². The first kappa shape index (κ1) is 31.7. The van der Waals surface area contributed by atoms with Gasteiger partial charge in [0.2, 0.25) is 0 Å². The monoisotopic (exact) mass is 650 g/mol. The minimum atomic E-state index is -4.52. The van der Waals surface area contributed by atoms with E-state index < -0.39 is 24.0 Å². The van der Waals surface area contributed by atoms with Gasteiger partial charge in [-0.15, -0.1) is 0 Å². The second kappa shape index (κ2) is 10.9. The van der Waals surface area contributed by atoms with Crippen LogP contribution in [0.5, 0.6) is 0 Å². The molecule has 0 saturated heterocycles. The van der Waals surface area contributed by atoms with Crippen LogP contribution in [-0.4, -0.2) is 33.2 Å². The molecule has 202 valence electrons. The summed E-state index contributed by atoms with van der Waals surface area (Å²) in [6, 6.07) is 0. The van der Waals surface area contributed by atoms with Crippen molar-refractivity contribution in [3.63, 3.8) is 0 Å². The number of halogens is 1. The average molecular weight is 649 g/mol. The molecule has 0 spiro atoms. The Labute approximate surface area is 231 Å². The van der Waals surface area contributed by atoms with Gasteiger partial charge in [-0.2, -0.15) is 0 Å². The number of allylic oxidation sites excluding steroid dienone is 12. The third kappa shape index (κ3) is 9.05. The third-order valence-electron chi connectivity index (χ3n) is 5.48. The standard InChI is InChI=1S/C29H43ClO4Se2/c1-26(2,3)22-16-20(17-23(35-22)27(4,5)6)14-13-15-21-18-24(28(7,8)9)36(34-30(31,32)33)25(19-21)29(10,11)12/h13-19H,1-12H3/b15-13+. The molecular weight excluding hydrogens is 606 g/mol. The average Bonchev–Trinajstić information content (AvgIpc) is 2.64. The van der Waals surface area contributed by atoms with E-state index in [-0.39, 0.29) is 21.7 Å². The summed E-state index contributed by atoms with van der Waals surface area (Å²) in [5.41, 5.74) is 1.74. The zero-order chi connectivity index (χ0) is 27.9. The Hall–Kier alpha value is -0.521. The number of hydrogen-bond donors (Lipinski definition) is 0. The van der Waals surface area contributed by atoms with Gasteiger partial charge in [0.1, 0.15) is 0 Å². The van der Waals surface area contributed by atoms with Crippen LogP contribution in [0.1, 0.15) is 83.1 Å². The second-order valence-corrected chi connectivity index (χ2v) is 20.3. The van der Waals surface area contributed by atoms with Crippen molar-refractivity contribution in [2.75, 3.05) is 0 Å². The summed E-state index contributed by atoms with van der Waals surface area (Å²) in [5.74, 6) is 0. The maximum absolute atomic E-state index is 11.6. The van der Waals surface area contributed by atoms with Gasteiger partial charge < -0.3 is 0 Å². The molecule has 0 saturated carbocycles. The Morgan fingerprint density at radius 2 is 1.22 bits per heavy atom. The molecule has 0 aromatic heterocycles. The normalized spacial score (nSPS) is 20.8. The molecule has 0 aromatic carbocycles. The third-order valence-corrected chi connectivity index (χ3v) is 16.3. The summed E-state index contributed by atoms with van der Waals surface area (Å²) in [7, 11) is -4.52. The Morgan fingerprint density at radius 3 is 1.61 bits per heavy atom. The molecule has 4 nitrogen and oxygen atoms in total. The Bertz CT molecular complexity index is 1050. The van der Waals surface area contributed by atoms with Crippen molar-refractivity contribution >= 4 is 33.2 Å². The van der Waals surface area contributed by atoms with E-state index in [1.165, 1.54) is 14.5 Å². The van der Waals surface area contributed by atoms with E-state index in [9.17, 15) is 14.0 Å². The van der Waals surface area contributed by atoms with Crippen molar-refractivity contribution in [3.8, 4) is 0 Å². The van der Waals surface area contributed by atoms with Crippen molar-refractivity contribution < 1.29 is 27.6 Å². The first-order chi connectivity index (χ1) is 16.0. The Balaban J connectivity index is 2.59. The fourth-order valence-corrected chi connectivity index (χ4v) is 12.0. The van der Waals surface area contributed by atoms with Gasteiger partial charge in [-0.05, 0) is 0 Å². The fraction of sp³-hybridized carbons (Fsp3) is 0.552. The van der Waals surface area contributed by atoms with E-state index in [0.717, 1.165) is 14.5 Å². The number of rotatable bonds is 4. The molecule has 0 aliphatic carbocycles. The molecule has 0 fully saturated rings. The van der Waals surface area contributed by atoms with Crippen LogP contribution in [0.25, 0.3) is 0 Å². The first-order valence-corrected chi connectivity index (χ1v) is 17.5. The van der Waals surface area contributed by atoms with E-state index in [2.05, 4.69) is 71.9 Å². The van der Waals surface area contributed by atoms with Crippen LogP contribution in [0.4, 0.5) is 0 Å². The Morgan fingerprint density at radius 1 is 0.722 bits per heavy atom. The summed E-state index contributed by atoms with van der Waals surface area (Å²) in [6.45, 7) is 25.8. The van der Waals surface area contributed by atoms with Crippen molar-refractivity contribution in [2.45, 2.75) is 83.1 Å². The van der Waals surface area contributed by atoms with Gasteiger partial charge >= 0.3 is 233 Å². The summed E-state index contributed by atoms with van der Waals surface area (Å²) >= 11 is -2.15. The van der Waals surface area contributed by atoms with Crippen molar-refractivity contribution in [1.29, 1.82) is 0 Å². The summed E-state index contributed by atoms with van der Waals surface area (Å²) in [6.07, 6.45) is 14.9. The first-order valence-electron chi connectivity index (χ1n) is 12.2. The van der Waals surface area contributed by atoms with Crippen LogP contribution in [0.15, 0.2) is 67.1 Å². The van der Waals surface area contributed by atoms with E-state index in [4.69, 9.17) is 3.37 Å². The van der Waals surface area contributed by atoms with Crippen LogP contribution in [0, 0.1) is 31.9 Å². The zero-order valence-electron chi connectivity index (χ0n) is 23.9. The molecule has 0 amide bonds. The predicted molar refractivity (Wildman–Crippen MR) is 145 cm³/mol. The molecule has 36 heavy (non-hydrogen) atoms. The Kier molecular flexibility index (Phi) is 9.62. The van der Waals surface area contributed by atoms with Crippen LogP contribution in [0.3, 0.4) is 0 Å². The molecule has 2 aliphatic rings. The van der Waals surface area contributed by atoms with Gasteiger partial charge in [-0.3, -0.25) is 0 Å². The van der Waals surface area contributed by atoms with Crippen LogP contribution in [-0.2, 0) is 3.37 Å². The summed E-state index contributed by atoms with van der Waals surface area (Å²) in [4.78, 5) is 0. The van der Waals surface area contributed by atoms with Crippen molar-refractivity contribution in [2.24, 2.45) is 21.7 Å². The van der Waals surface area contributed by atoms with E-state index in [0.29, 0.717) is 15.0 Å². The van der Waals surface area contributed by atoms with Gasteiger partial charge in [0.25, 0.3) is 0 Å². The molecule has 0 aromatic rings. The summed E-state index contributed by atoms with van der Waals surface area (Å²) in [5, 5.41) is 0. The molecular formula is C29H43ClO4Se2. The maximum atomic E-state index is 11.6. The molecule has 2 aliphatic heterocycles. The molecule has 0 N–H and O–H groups in total. The summed E-state index contributed by atoms with van der Waals surface area (Å²) < 4.78 is 44.8. The second-order valence-electron chi connectivity index (χ2n) is 13.4. The topological polar surface area (TPSA) is 78.4 Å². The van der Waals surface area contributed by atoms with E-state index in [1.807, 2.05) is 53.7 Å². The number of hydrogen-bond acceptors (Lipinski definition) is 4. The quantitative estimate of drug-likeness (QED) is 0.429. The fourth-order valence-electron chi connectivity index (χ4n) is 3.43. The minimum absolute atomic E-state index is 0.126. The molecule has 0 bridgehead atoms. The van der Waals surface area contributed by atoms with Crippen LogP contribution < -0.4 is 14.0 Å². The van der Waals surface area contributed by atoms with Crippen LogP contribution in [0.2, 0.25) is 0 Å². The molecule has 1 unspecified atom stereocenters. The molecule has 2 rings (SSSR count).